The molecule has 1 aliphatic rings. The van der Waals surface area contributed by atoms with Crippen LogP contribution in [0, 0.1) is 0 Å². The molecule has 0 aromatic heterocycles. The fourth-order valence-electron chi connectivity index (χ4n) is 1.76. The number of hydrogen-bond donors (Lipinski definition) is 0. The van der Waals surface area contributed by atoms with E-state index in [1.54, 1.807) is 7.11 Å². The Bertz CT molecular complexity index is 365. The second-order valence-electron chi connectivity index (χ2n) is 4.10. The summed E-state index contributed by atoms with van der Waals surface area (Å²) in [6.45, 7) is 1.15. The van der Waals surface area contributed by atoms with Crippen LogP contribution >= 0.6 is 0 Å². The number of benzene rings is 1. The molecule has 1 atom stereocenters. The van der Waals surface area contributed by atoms with Crippen LogP contribution in [0.3, 0.4) is 0 Å². The van der Waals surface area contributed by atoms with Crippen molar-refractivity contribution in [3.8, 4) is 11.5 Å². The van der Waals surface area contributed by atoms with Gasteiger partial charge in [-0.2, -0.15) is 0 Å². The Morgan fingerprint density at radius 2 is 2.06 bits per heavy atom. The predicted octanol–water partition coefficient (Wildman–Crippen LogP) is 1.66. The van der Waals surface area contributed by atoms with Gasteiger partial charge in [0.05, 0.1) is 6.10 Å². The smallest absolute Gasteiger partial charge is 0.231 e. The van der Waals surface area contributed by atoms with Crippen LogP contribution in [0.25, 0.3) is 0 Å². The quantitative estimate of drug-likeness (QED) is 0.777. The summed E-state index contributed by atoms with van der Waals surface area (Å²) in [6, 6.07) is 5.94. The Morgan fingerprint density at radius 3 is 2.75 bits per heavy atom. The molecule has 16 heavy (non-hydrogen) atoms. The molecular formula is C12H17NO3. The van der Waals surface area contributed by atoms with Gasteiger partial charge in [0, 0.05) is 13.7 Å². The molecular weight excluding hydrogens is 206 g/mol. The third-order valence-electron chi connectivity index (χ3n) is 2.58. The first-order valence-corrected chi connectivity index (χ1v) is 5.28. The van der Waals surface area contributed by atoms with Crippen LogP contribution in [0.2, 0.25) is 0 Å². The molecule has 2 rings (SSSR count). The predicted molar refractivity (Wildman–Crippen MR) is 60.9 cm³/mol. The number of methoxy groups -OCH3 is 1. The molecule has 1 heterocycles. The lowest BCUT2D eigenvalue weighted by atomic mass is 10.1. The fourth-order valence-corrected chi connectivity index (χ4v) is 1.76. The SMILES string of the molecule is COC(CN(C)C)c1ccc2c(c1)OCO2. The van der Waals surface area contributed by atoms with Gasteiger partial charge in [0.1, 0.15) is 0 Å². The lowest BCUT2D eigenvalue weighted by Crippen LogP contribution is -2.21. The van der Waals surface area contributed by atoms with Gasteiger partial charge in [-0.1, -0.05) is 6.07 Å². The van der Waals surface area contributed by atoms with Crippen molar-refractivity contribution in [1.82, 2.24) is 4.90 Å². The third-order valence-corrected chi connectivity index (χ3v) is 2.58. The molecule has 4 nitrogen and oxygen atoms in total. The Balaban J connectivity index is 2.18. The van der Waals surface area contributed by atoms with Gasteiger partial charge in [-0.25, -0.2) is 0 Å². The maximum Gasteiger partial charge on any atom is 0.231 e. The number of ether oxygens (including phenoxy) is 3. The molecule has 0 spiro atoms. The lowest BCUT2D eigenvalue weighted by molar-refractivity contribution is 0.0782. The highest BCUT2D eigenvalue weighted by atomic mass is 16.7. The van der Waals surface area contributed by atoms with E-state index in [4.69, 9.17) is 14.2 Å². The summed E-state index contributed by atoms with van der Waals surface area (Å²) in [7, 11) is 5.77. The van der Waals surface area contributed by atoms with Gasteiger partial charge in [0.2, 0.25) is 6.79 Å². The van der Waals surface area contributed by atoms with Crippen LogP contribution in [0.4, 0.5) is 0 Å². The highest BCUT2D eigenvalue weighted by molar-refractivity contribution is 5.45. The Morgan fingerprint density at radius 1 is 1.31 bits per heavy atom. The number of likely N-dealkylation sites (N-methyl/N-ethyl adjacent to an activating group) is 1. The monoisotopic (exact) mass is 223 g/mol. The average molecular weight is 223 g/mol. The highest BCUT2D eigenvalue weighted by Crippen LogP contribution is 2.34. The minimum atomic E-state index is 0.0597. The van der Waals surface area contributed by atoms with Gasteiger partial charge < -0.3 is 19.1 Å². The first-order valence-electron chi connectivity index (χ1n) is 5.28. The van der Waals surface area contributed by atoms with Crippen molar-refractivity contribution >= 4 is 0 Å². The normalized spacial score (nSPS) is 15.5. The van der Waals surface area contributed by atoms with Gasteiger partial charge in [0.25, 0.3) is 0 Å². The molecule has 0 amide bonds. The summed E-state index contributed by atoms with van der Waals surface area (Å²) in [6.07, 6.45) is 0.0597. The second-order valence-corrected chi connectivity index (χ2v) is 4.10. The van der Waals surface area contributed by atoms with E-state index in [-0.39, 0.29) is 6.10 Å². The standard InChI is InChI=1S/C12H17NO3/c1-13(2)7-12(14-3)9-4-5-10-11(6-9)16-8-15-10/h4-6,12H,7-8H2,1-3H3. The topological polar surface area (TPSA) is 30.9 Å². The molecule has 1 unspecified atom stereocenters. The van der Waals surface area contributed by atoms with Crippen LogP contribution in [0.15, 0.2) is 18.2 Å². The van der Waals surface area contributed by atoms with Crippen molar-refractivity contribution < 1.29 is 14.2 Å². The van der Waals surface area contributed by atoms with E-state index in [9.17, 15) is 0 Å². The van der Waals surface area contributed by atoms with E-state index in [0.717, 1.165) is 23.6 Å². The molecule has 1 aliphatic heterocycles. The molecule has 0 N–H and O–H groups in total. The summed E-state index contributed by atoms with van der Waals surface area (Å²) >= 11 is 0. The molecule has 0 bridgehead atoms. The van der Waals surface area contributed by atoms with Crippen LogP contribution in [0.5, 0.6) is 11.5 Å². The van der Waals surface area contributed by atoms with E-state index < -0.39 is 0 Å². The van der Waals surface area contributed by atoms with Crippen LogP contribution in [-0.4, -0.2) is 39.4 Å². The van der Waals surface area contributed by atoms with E-state index in [1.807, 2.05) is 32.3 Å². The van der Waals surface area contributed by atoms with Crippen LogP contribution < -0.4 is 9.47 Å². The maximum atomic E-state index is 5.47. The zero-order chi connectivity index (χ0) is 11.5. The van der Waals surface area contributed by atoms with Gasteiger partial charge in [-0.05, 0) is 31.8 Å². The van der Waals surface area contributed by atoms with Crippen molar-refractivity contribution in [2.75, 3.05) is 34.5 Å². The van der Waals surface area contributed by atoms with E-state index in [2.05, 4.69) is 4.90 Å². The molecule has 1 aromatic rings. The van der Waals surface area contributed by atoms with Gasteiger partial charge in [-0.15, -0.1) is 0 Å². The lowest BCUT2D eigenvalue weighted by Gasteiger charge is -2.20. The summed E-state index contributed by atoms with van der Waals surface area (Å²) < 4.78 is 16.1. The van der Waals surface area contributed by atoms with Gasteiger partial charge in [0.15, 0.2) is 11.5 Å². The van der Waals surface area contributed by atoms with Crippen LogP contribution in [0.1, 0.15) is 11.7 Å². The third kappa shape index (κ3) is 2.28. The molecule has 0 fully saturated rings. The van der Waals surface area contributed by atoms with E-state index in [0.29, 0.717) is 6.79 Å². The van der Waals surface area contributed by atoms with Gasteiger partial charge >= 0.3 is 0 Å². The van der Waals surface area contributed by atoms with Crippen LogP contribution in [-0.2, 0) is 4.74 Å². The minimum absolute atomic E-state index is 0.0597. The van der Waals surface area contributed by atoms with Crippen molar-refractivity contribution in [2.45, 2.75) is 6.10 Å². The van der Waals surface area contributed by atoms with E-state index in [1.165, 1.54) is 0 Å². The second kappa shape index (κ2) is 4.72. The minimum Gasteiger partial charge on any atom is -0.454 e. The number of fused-ring (bicyclic) bond motifs is 1. The molecule has 0 saturated heterocycles. The summed E-state index contributed by atoms with van der Waals surface area (Å²) in [5.74, 6) is 1.61. The molecule has 88 valence electrons. The summed E-state index contributed by atoms with van der Waals surface area (Å²) in [5, 5.41) is 0. The largest absolute Gasteiger partial charge is 0.454 e. The van der Waals surface area contributed by atoms with Crippen molar-refractivity contribution in [1.29, 1.82) is 0 Å². The molecule has 0 aliphatic carbocycles. The molecule has 4 heteroatoms. The number of hydrogen-bond acceptors (Lipinski definition) is 4. The number of rotatable bonds is 4. The summed E-state index contributed by atoms with van der Waals surface area (Å²) in [5.41, 5.74) is 1.11. The Labute approximate surface area is 95.7 Å². The van der Waals surface area contributed by atoms with Crippen molar-refractivity contribution in [2.24, 2.45) is 0 Å². The van der Waals surface area contributed by atoms with Gasteiger partial charge in [-0.3, -0.25) is 0 Å². The molecule has 0 saturated carbocycles. The summed E-state index contributed by atoms with van der Waals surface area (Å²) in [4.78, 5) is 2.10. The first kappa shape index (κ1) is 11.2. The number of nitrogens with zero attached hydrogens (tertiary/aromatic N) is 1. The average Bonchev–Trinajstić information content (AvgIpc) is 2.72. The Kier molecular flexibility index (Phi) is 3.31. The molecule has 0 radical (unpaired) electrons. The maximum absolute atomic E-state index is 5.47. The van der Waals surface area contributed by atoms with Crippen molar-refractivity contribution in [3.05, 3.63) is 23.8 Å². The molecule has 1 aromatic carbocycles. The Hall–Kier alpha value is -1.26. The fraction of sp³-hybridized carbons (Fsp3) is 0.500. The zero-order valence-electron chi connectivity index (χ0n) is 9.90. The zero-order valence-corrected chi connectivity index (χ0v) is 9.90. The first-order chi connectivity index (χ1) is 7.70. The highest BCUT2D eigenvalue weighted by Gasteiger charge is 2.18. The van der Waals surface area contributed by atoms with Crippen molar-refractivity contribution in [3.63, 3.8) is 0 Å². The van der Waals surface area contributed by atoms with E-state index >= 15 is 0 Å².